The van der Waals surface area contributed by atoms with Crippen LogP contribution < -0.4 is 14.8 Å². The molecule has 1 atom stereocenters. The summed E-state index contributed by atoms with van der Waals surface area (Å²) < 4.78 is 53.6. The van der Waals surface area contributed by atoms with Gasteiger partial charge in [0.25, 0.3) is 10.0 Å². The molecule has 8 nitrogen and oxygen atoms in total. The minimum Gasteiger partial charge on any atom is -0.495 e. The Bertz CT molecular complexity index is 1290. The molecular formula is C23H26ClFN4O4S2. The summed E-state index contributed by atoms with van der Waals surface area (Å²) in [6, 6.07) is 5.05. The Balaban J connectivity index is 1.64. The van der Waals surface area contributed by atoms with Crippen LogP contribution in [0.1, 0.15) is 25.5 Å². The van der Waals surface area contributed by atoms with E-state index < -0.39 is 15.8 Å². The summed E-state index contributed by atoms with van der Waals surface area (Å²) in [7, 11) is -2.87. The first-order valence-corrected chi connectivity index (χ1v) is 13.7. The molecule has 3 heterocycles. The van der Waals surface area contributed by atoms with Crippen molar-refractivity contribution in [1.82, 2.24) is 9.97 Å². The minimum absolute atomic E-state index is 0.112. The normalized spacial score (nSPS) is 15.6. The van der Waals surface area contributed by atoms with E-state index in [0.29, 0.717) is 11.5 Å². The highest BCUT2D eigenvalue weighted by Crippen LogP contribution is 2.38. The number of thiazole rings is 1. The quantitative estimate of drug-likeness (QED) is 0.397. The fourth-order valence-corrected chi connectivity index (χ4v) is 6.57. The van der Waals surface area contributed by atoms with Gasteiger partial charge in [0.1, 0.15) is 16.3 Å². The van der Waals surface area contributed by atoms with Crippen LogP contribution in [0.3, 0.4) is 0 Å². The van der Waals surface area contributed by atoms with Gasteiger partial charge < -0.3 is 14.8 Å². The van der Waals surface area contributed by atoms with E-state index in [0.717, 1.165) is 54.2 Å². The number of hydrogen-bond acceptors (Lipinski definition) is 8. The Kier molecular flexibility index (Phi) is 7.80. The maximum absolute atomic E-state index is 14.2. The summed E-state index contributed by atoms with van der Waals surface area (Å²) in [6.45, 7) is 5.55. The molecule has 0 aliphatic carbocycles. The van der Waals surface area contributed by atoms with Gasteiger partial charge in [-0.1, -0.05) is 22.9 Å². The number of rotatable bonds is 8. The standard InChI is InChI=1S/C23H26ClFN4O4S2/c1-13(15-6-8-33-9-7-15)27-23-28-14(2)22(34-23)16-4-5-19(32-3)20(10-16)35(30,31)29-21-17(24)11-26-12-18(21)25/h4-5,10-13,15H,6-9H2,1-3H3,(H,26,29)(H,27,28). The predicted molar refractivity (Wildman–Crippen MR) is 135 cm³/mol. The minimum atomic E-state index is -4.24. The molecule has 0 bridgehead atoms. The number of ether oxygens (including phenoxy) is 2. The van der Waals surface area contributed by atoms with E-state index in [2.05, 4.69) is 26.9 Å². The van der Waals surface area contributed by atoms with Gasteiger partial charge in [0.15, 0.2) is 10.9 Å². The number of aryl methyl sites for hydroxylation is 1. The lowest BCUT2D eigenvalue weighted by Gasteiger charge is -2.28. The van der Waals surface area contributed by atoms with Crippen molar-refractivity contribution in [2.45, 2.75) is 37.6 Å². The number of hydrogen-bond donors (Lipinski definition) is 2. The Morgan fingerprint density at radius 3 is 2.71 bits per heavy atom. The zero-order chi connectivity index (χ0) is 25.2. The molecule has 12 heteroatoms. The van der Waals surface area contributed by atoms with Crippen molar-refractivity contribution >= 4 is 43.8 Å². The molecule has 0 spiro atoms. The molecule has 1 aliphatic rings. The summed E-state index contributed by atoms with van der Waals surface area (Å²) in [5.41, 5.74) is 1.03. The maximum atomic E-state index is 14.2. The van der Waals surface area contributed by atoms with E-state index in [9.17, 15) is 12.8 Å². The molecule has 1 aliphatic heterocycles. The highest BCUT2D eigenvalue weighted by molar-refractivity contribution is 7.92. The summed E-state index contributed by atoms with van der Waals surface area (Å²) >= 11 is 7.41. The molecule has 35 heavy (non-hydrogen) atoms. The van der Waals surface area contributed by atoms with E-state index in [1.165, 1.54) is 24.5 Å². The van der Waals surface area contributed by atoms with Crippen molar-refractivity contribution in [3.63, 3.8) is 0 Å². The molecule has 3 aromatic rings. The maximum Gasteiger partial charge on any atom is 0.265 e. The first-order chi connectivity index (χ1) is 16.7. The third-order valence-corrected chi connectivity index (χ3v) is 8.72. The van der Waals surface area contributed by atoms with Gasteiger partial charge in [0.2, 0.25) is 0 Å². The Morgan fingerprint density at radius 2 is 2.03 bits per heavy atom. The molecule has 1 aromatic carbocycles. The second kappa shape index (κ2) is 10.7. The van der Waals surface area contributed by atoms with E-state index in [-0.39, 0.29) is 27.4 Å². The third-order valence-electron chi connectivity index (χ3n) is 5.93. The summed E-state index contributed by atoms with van der Waals surface area (Å²) in [5.74, 6) is -0.273. The number of sulfonamides is 1. The van der Waals surface area contributed by atoms with Gasteiger partial charge in [-0.2, -0.15) is 0 Å². The first kappa shape index (κ1) is 25.6. The molecule has 0 radical (unpaired) electrons. The number of halogens is 2. The van der Waals surface area contributed by atoms with Crippen molar-refractivity contribution in [3.8, 4) is 16.2 Å². The van der Waals surface area contributed by atoms with Crippen LogP contribution in [0.4, 0.5) is 15.2 Å². The molecule has 4 rings (SSSR count). The summed E-state index contributed by atoms with van der Waals surface area (Å²) in [6.07, 6.45) is 4.04. The second-order valence-electron chi connectivity index (χ2n) is 8.27. The van der Waals surface area contributed by atoms with Gasteiger partial charge in [-0.3, -0.25) is 9.71 Å². The van der Waals surface area contributed by atoms with Gasteiger partial charge in [0, 0.05) is 25.5 Å². The molecule has 188 valence electrons. The van der Waals surface area contributed by atoms with Crippen LogP contribution in [0.5, 0.6) is 5.75 Å². The van der Waals surface area contributed by atoms with E-state index in [1.807, 2.05) is 6.92 Å². The Morgan fingerprint density at radius 1 is 1.29 bits per heavy atom. The fraction of sp³-hybridized carbons (Fsp3) is 0.391. The summed E-state index contributed by atoms with van der Waals surface area (Å²) in [5, 5.41) is 4.10. The number of pyridine rings is 1. The van der Waals surface area contributed by atoms with Crippen LogP contribution >= 0.6 is 22.9 Å². The van der Waals surface area contributed by atoms with Gasteiger partial charge in [-0.15, -0.1) is 0 Å². The van der Waals surface area contributed by atoms with Crippen LogP contribution in [-0.2, 0) is 14.8 Å². The Hall–Kier alpha value is -2.47. The molecular weight excluding hydrogens is 515 g/mol. The lowest BCUT2D eigenvalue weighted by Crippen LogP contribution is -2.30. The number of aromatic nitrogens is 2. The topological polar surface area (TPSA) is 102 Å². The van der Waals surface area contributed by atoms with Gasteiger partial charge in [-0.25, -0.2) is 17.8 Å². The molecule has 2 N–H and O–H groups in total. The SMILES string of the molecule is COc1ccc(-c2sc(NC(C)C3CCOCC3)nc2C)cc1S(=O)(=O)Nc1c(F)cncc1Cl. The first-order valence-electron chi connectivity index (χ1n) is 11.0. The highest BCUT2D eigenvalue weighted by Gasteiger charge is 2.25. The fourth-order valence-electron chi connectivity index (χ4n) is 3.98. The van der Waals surface area contributed by atoms with Crippen LogP contribution in [0, 0.1) is 18.7 Å². The smallest absolute Gasteiger partial charge is 0.265 e. The zero-order valence-electron chi connectivity index (χ0n) is 19.5. The highest BCUT2D eigenvalue weighted by atomic mass is 35.5. The number of benzene rings is 1. The Labute approximate surface area is 212 Å². The molecule has 1 unspecified atom stereocenters. The molecule has 0 saturated carbocycles. The number of methoxy groups -OCH3 is 1. The van der Waals surface area contributed by atoms with Crippen molar-refractivity contribution in [3.05, 3.63) is 47.1 Å². The van der Waals surface area contributed by atoms with Crippen molar-refractivity contribution in [1.29, 1.82) is 0 Å². The second-order valence-corrected chi connectivity index (χ2v) is 11.3. The lowest BCUT2D eigenvalue weighted by atomic mass is 9.93. The monoisotopic (exact) mass is 540 g/mol. The lowest BCUT2D eigenvalue weighted by molar-refractivity contribution is 0.0622. The van der Waals surface area contributed by atoms with Crippen LogP contribution in [-0.4, -0.2) is 44.8 Å². The van der Waals surface area contributed by atoms with E-state index >= 15 is 0 Å². The average molecular weight is 541 g/mol. The van der Waals surface area contributed by atoms with E-state index in [1.54, 1.807) is 12.1 Å². The molecule has 1 fully saturated rings. The van der Waals surface area contributed by atoms with Gasteiger partial charge >= 0.3 is 0 Å². The molecule has 0 amide bonds. The molecule has 2 aromatic heterocycles. The third kappa shape index (κ3) is 5.69. The van der Waals surface area contributed by atoms with Crippen LogP contribution in [0.15, 0.2) is 35.5 Å². The van der Waals surface area contributed by atoms with Gasteiger partial charge in [-0.05, 0) is 56.4 Å². The average Bonchev–Trinajstić information content (AvgIpc) is 3.21. The zero-order valence-corrected chi connectivity index (χ0v) is 21.9. The molecule has 1 saturated heterocycles. The van der Waals surface area contributed by atoms with Crippen LogP contribution in [0.25, 0.3) is 10.4 Å². The largest absolute Gasteiger partial charge is 0.495 e. The summed E-state index contributed by atoms with van der Waals surface area (Å²) in [4.78, 5) is 8.93. The van der Waals surface area contributed by atoms with E-state index in [4.69, 9.17) is 21.1 Å². The number of nitrogens with zero attached hydrogens (tertiary/aromatic N) is 2. The van der Waals surface area contributed by atoms with Crippen LogP contribution in [0.2, 0.25) is 5.02 Å². The number of nitrogens with one attached hydrogen (secondary N) is 2. The number of anilines is 2. The van der Waals surface area contributed by atoms with Gasteiger partial charge in [0.05, 0.1) is 28.9 Å². The van der Waals surface area contributed by atoms with Crippen molar-refractivity contribution < 1.29 is 22.3 Å². The predicted octanol–water partition coefficient (Wildman–Crippen LogP) is 5.34. The van der Waals surface area contributed by atoms with Crippen molar-refractivity contribution in [2.75, 3.05) is 30.4 Å². The van der Waals surface area contributed by atoms with Crippen molar-refractivity contribution in [2.24, 2.45) is 5.92 Å².